The molecule has 0 aliphatic carbocycles. The van der Waals surface area contributed by atoms with E-state index in [0.717, 1.165) is 0 Å². The Morgan fingerprint density at radius 1 is 0.973 bits per heavy atom. The Kier molecular flexibility index (Phi) is 8.49. The minimum atomic E-state index is -0.790. The predicted octanol–water partition coefficient (Wildman–Crippen LogP) is 4.84. The second kappa shape index (κ2) is 11.4. The zero-order chi connectivity index (χ0) is 27.2. The minimum Gasteiger partial charge on any atom is -0.462 e. The molecule has 0 spiro atoms. The maximum Gasteiger partial charge on any atom is 0.559 e. The third-order valence-electron chi connectivity index (χ3n) is 5.67. The molecule has 1 unspecified atom stereocenters. The van der Waals surface area contributed by atoms with Gasteiger partial charge in [-0.25, -0.2) is 9.59 Å². The number of hydroxylamine groups is 3. The first-order valence-electron chi connectivity index (χ1n) is 11.9. The largest absolute Gasteiger partial charge is 0.559 e. The Hall–Kier alpha value is -3.99. The van der Waals surface area contributed by atoms with Crippen LogP contribution in [-0.4, -0.2) is 59.0 Å². The van der Waals surface area contributed by atoms with Crippen LogP contribution < -0.4 is 4.84 Å². The average molecular weight is 516 g/mol. The summed E-state index contributed by atoms with van der Waals surface area (Å²) in [5.74, 6) is -0.822. The van der Waals surface area contributed by atoms with Gasteiger partial charge in [0.25, 0.3) is 5.69 Å². The standard InChI is InChI=1S/C26H31N2O9/c1-5-34-23(29)19-10-14-22(15-11-19)37-28(25(31)36-26(2,3)4)16-6-7-21(28)17-35-24(30)18-8-12-20(13-9-18)27(32)33/h8-15,21H,5-7,16-17H2,1-4H3/q+1/t21-,28?/m0/s1. The summed E-state index contributed by atoms with van der Waals surface area (Å²) in [4.78, 5) is 54.5. The summed E-state index contributed by atoms with van der Waals surface area (Å²) < 4.78 is 15.6. The number of non-ortho nitro benzene ring substituents is 1. The number of hydrogen-bond acceptors (Lipinski definition) is 9. The molecule has 1 fully saturated rings. The van der Waals surface area contributed by atoms with Gasteiger partial charge >= 0.3 is 18.0 Å². The first-order valence-corrected chi connectivity index (χ1v) is 11.9. The van der Waals surface area contributed by atoms with E-state index in [1.54, 1.807) is 52.0 Å². The van der Waals surface area contributed by atoms with E-state index >= 15 is 0 Å². The van der Waals surface area contributed by atoms with Gasteiger partial charge in [-0.1, -0.05) is 0 Å². The van der Waals surface area contributed by atoms with E-state index < -0.39 is 39.2 Å². The molecule has 0 aromatic heterocycles. The highest BCUT2D eigenvalue weighted by molar-refractivity contribution is 5.90. The minimum absolute atomic E-state index is 0.143. The lowest BCUT2D eigenvalue weighted by atomic mass is 10.2. The predicted molar refractivity (Wildman–Crippen MR) is 131 cm³/mol. The molecule has 2 aromatic rings. The fraction of sp³-hybridized carbons (Fsp3) is 0.423. The van der Waals surface area contributed by atoms with Crippen molar-refractivity contribution in [2.45, 2.75) is 52.2 Å². The van der Waals surface area contributed by atoms with Crippen molar-refractivity contribution >= 4 is 23.7 Å². The first kappa shape index (κ1) is 27.6. The van der Waals surface area contributed by atoms with Gasteiger partial charge in [-0.2, -0.15) is 4.79 Å². The fourth-order valence-electron chi connectivity index (χ4n) is 3.92. The zero-order valence-electron chi connectivity index (χ0n) is 21.3. The fourth-order valence-corrected chi connectivity index (χ4v) is 3.92. The Labute approximate surface area is 214 Å². The van der Waals surface area contributed by atoms with Crippen LogP contribution in [0.3, 0.4) is 0 Å². The number of esters is 2. The van der Waals surface area contributed by atoms with Crippen LogP contribution in [0.1, 0.15) is 61.3 Å². The molecule has 0 N–H and O–H groups in total. The number of nitrogens with zero attached hydrogens (tertiary/aromatic N) is 2. The molecule has 3 rings (SSSR count). The highest BCUT2D eigenvalue weighted by atomic mass is 16.8. The summed E-state index contributed by atoms with van der Waals surface area (Å²) in [6.07, 6.45) is 0.504. The van der Waals surface area contributed by atoms with Crippen molar-refractivity contribution in [3.63, 3.8) is 0 Å². The number of likely N-dealkylation sites (tertiary alicyclic amines) is 1. The van der Waals surface area contributed by atoms with Crippen LogP contribution in [-0.2, 0) is 14.2 Å². The SMILES string of the molecule is CCOC(=O)c1ccc(O[N+]2(C(=O)OC(C)(C)C)CCC[C@H]2COC(=O)c2ccc([N+](=O)[O-])cc2)cc1. The lowest BCUT2D eigenvalue weighted by Crippen LogP contribution is -2.61. The summed E-state index contributed by atoms with van der Waals surface area (Å²) in [6.45, 7) is 7.34. The van der Waals surface area contributed by atoms with E-state index in [-0.39, 0.29) is 31.0 Å². The molecule has 11 heteroatoms. The Bertz CT molecular complexity index is 1140. The Balaban J connectivity index is 1.81. The van der Waals surface area contributed by atoms with Gasteiger partial charge in [0.05, 0.1) is 22.7 Å². The molecule has 198 valence electrons. The van der Waals surface area contributed by atoms with Crippen LogP contribution in [0.15, 0.2) is 48.5 Å². The van der Waals surface area contributed by atoms with Gasteiger partial charge in [0.1, 0.15) is 18.8 Å². The summed E-state index contributed by atoms with van der Waals surface area (Å²) >= 11 is 0. The summed E-state index contributed by atoms with van der Waals surface area (Å²) in [5, 5.41) is 10.9. The molecule has 11 nitrogen and oxygen atoms in total. The van der Waals surface area contributed by atoms with E-state index in [1.807, 2.05) is 0 Å². The average Bonchev–Trinajstić information content (AvgIpc) is 3.25. The number of ether oxygens (including phenoxy) is 3. The molecule has 37 heavy (non-hydrogen) atoms. The van der Waals surface area contributed by atoms with Gasteiger partial charge in [0.2, 0.25) is 0 Å². The molecule has 1 amide bonds. The second-order valence-corrected chi connectivity index (χ2v) is 9.53. The summed E-state index contributed by atoms with van der Waals surface area (Å²) in [5.41, 5.74) is -0.444. The van der Waals surface area contributed by atoms with Crippen molar-refractivity contribution in [1.82, 2.24) is 0 Å². The number of nitro benzene ring substituents is 1. The molecule has 0 saturated carbocycles. The Morgan fingerprint density at radius 2 is 1.54 bits per heavy atom. The molecular formula is C26H31N2O9+. The van der Waals surface area contributed by atoms with Crippen LogP contribution in [0.2, 0.25) is 0 Å². The van der Waals surface area contributed by atoms with Gasteiger partial charge < -0.3 is 19.0 Å². The number of carbonyl (C=O) groups excluding carboxylic acids is 3. The number of amides is 1. The summed E-state index contributed by atoms with van der Waals surface area (Å²) in [6, 6.07) is 10.7. The van der Waals surface area contributed by atoms with Gasteiger partial charge in [-0.05, 0) is 68.7 Å². The van der Waals surface area contributed by atoms with E-state index in [2.05, 4.69) is 0 Å². The lowest BCUT2D eigenvalue weighted by molar-refractivity contribution is -1.03. The van der Waals surface area contributed by atoms with Crippen molar-refractivity contribution in [2.24, 2.45) is 0 Å². The molecule has 1 aliphatic rings. The first-order chi connectivity index (χ1) is 17.4. The van der Waals surface area contributed by atoms with E-state index in [4.69, 9.17) is 19.0 Å². The topological polar surface area (TPSA) is 131 Å². The number of nitro groups is 1. The van der Waals surface area contributed by atoms with Crippen molar-refractivity contribution in [3.8, 4) is 5.75 Å². The van der Waals surface area contributed by atoms with Gasteiger partial charge in [0.15, 0.2) is 11.8 Å². The third-order valence-corrected chi connectivity index (χ3v) is 5.67. The molecule has 1 saturated heterocycles. The zero-order valence-corrected chi connectivity index (χ0v) is 21.3. The normalized spacial score (nSPS) is 19.1. The van der Waals surface area contributed by atoms with Crippen LogP contribution in [0.5, 0.6) is 5.75 Å². The van der Waals surface area contributed by atoms with Crippen molar-refractivity contribution in [3.05, 3.63) is 69.8 Å². The van der Waals surface area contributed by atoms with Crippen molar-refractivity contribution in [1.29, 1.82) is 0 Å². The van der Waals surface area contributed by atoms with Gasteiger partial charge in [-0.15, -0.1) is 0 Å². The van der Waals surface area contributed by atoms with Crippen LogP contribution in [0.25, 0.3) is 0 Å². The molecule has 1 heterocycles. The quantitative estimate of drug-likeness (QED) is 0.159. The van der Waals surface area contributed by atoms with Crippen LogP contribution in [0, 0.1) is 10.1 Å². The van der Waals surface area contributed by atoms with Crippen LogP contribution in [0.4, 0.5) is 10.5 Å². The number of carbonyl (C=O) groups is 3. The molecule has 2 atom stereocenters. The number of quaternary nitrogens is 1. The van der Waals surface area contributed by atoms with E-state index in [9.17, 15) is 24.5 Å². The van der Waals surface area contributed by atoms with E-state index in [0.29, 0.717) is 24.2 Å². The molecule has 0 radical (unpaired) electrons. The second-order valence-electron chi connectivity index (χ2n) is 9.53. The molecule has 0 bridgehead atoms. The molecular weight excluding hydrogens is 484 g/mol. The number of hydrogen-bond donors (Lipinski definition) is 0. The van der Waals surface area contributed by atoms with Gasteiger partial charge in [0, 0.05) is 25.0 Å². The van der Waals surface area contributed by atoms with Crippen LogP contribution >= 0.6 is 0 Å². The van der Waals surface area contributed by atoms with Crippen molar-refractivity contribution < 1.29 is 43.0 Å². The monoisotopic (exact) mass is 515 g/mol. The highest BCUT2D eigenvalue weighted by Crippen LogP contribution is 2.33. The van der Waals surface area contributed by atoms with E-state index in [1.165, 1.54) is 24.3 Å². The van der Waals surface area contributed by atoms with Crippen molar-refractivity contribution in [2.75, 3.05) is 19.8 Å². The highest BCUT2D eigenvalue weighted by Gasteiger charge is 2.55. The lowest BCUT2D eigenvalue weighted by Gasteiger charge is -2.34. The number of benzene rings is 2. The smallest absolute Gasteiger partial charge is 0.462 e. The molecule has 2 aromatic carbocycles. The number of rotatable bonds is 8. The third kappa shape index (κ3) is 6.82. The summed E-state index contributed by atoms with van der Waals surface area (Å²) in [7, 11) is 0. The molecule has 1 aliphatic heterocycles. The maximum atomic E-state index is 13.4. The maximum absolute atomic E-state index is 13.4. The van der Waals surface area contributed by atoms with Gasteiger partial charge in [-0.3, -0.25) is 10.1 Å². The Morgan fingerprint density at radius 3 is 2.08 bits per heavy atom.